The lowest BCUT2D eigenvalue weighted by Gasteiger charge is -2.22. The van der Waals surface area contributed by atoms with Gasteiger partial charge < -0.3 is 14.6 Å². The summed E-state index contributed by atoms with van der Waals surface area (Å²) in [6, 6.07) is 0.808. The quantitative estimate of drug-likeness (QED) is 0.626. The number of primary amides is 1. The number of hydrogen-bond donors (Lipinski definition) is 1. The van der Waals surface area contributed by atoms with Crippen LogP contribution in [0.4, 0.5) is 0 Å². The van der Waals surface area contributed by atoms with Crippen molar-refractivity contribution in [2.75, 3.05) is 14.2 Å². The van der Waals surface area contributed by atoms with E-state index in [1.165, 1.54) is 0 Å². The first-order chi connectivity index (χ1) is 5.54. The van der Waals surface area contributed by atoms with Gasteiger partial charge in [-0.1, -0.05) is 0 Å². The maximum Gasteiger partial charge on any atom is 0.334 e. The molecule has 1 amide bonds. The molecule has 0 unspecified atom stereocenters. The third-order valence-corrected chi connectivity index (χ3v) is 4.91. The van der Waals surface area contributed by atoms with Gasteiger partial charge in [0, 0.05) is 20.6 Å². The SMILES string of the molecule is CO[Si](C)(CCCC(N)=O)OC. The number of nitrogens with two attached hydrogens (primary N) is 1. The summed E-state index contributed by atoms with van der Waals surface area (Å²) in [5.41, 5.74) is 5.00. The van der Waals surface area contributed by atoms with Gasteiger partial charge in [0.2, 0.25) is 5.91 Å². The molecular weight excluding hydrogens is 174 g/mol. The van der Waals surface area contributed by atoms with Crippen LogP contribution in [-0.4, -0.2) is 28.7 Å². The van der Waals surface area contributed by atoms with Crippen LogP contribution in [0.25, 0.3) is 0 Å². The third kappa shape index (κ3) is 4.48. The van der Waals surface area contributed by atoms with E-state index < -0.39 is 8.56 Å². The normalized spacial score (nSPS) is 11.6. The van der Waals surface area contributed by atoms with Crippen LogP contribution in [0, 0.1) is 0 Å². The molecule has 0 radical (unpaired) electrons. The van der Waals surface area contributed by atoms with E-state index in [1.54, 1.807) is 14.2 Å². The van der Waals surface area contributed by atoms with Gasteiger partial charge in [0.05, 0.1) is 0 Å². The summed E-state index contributed by atoms with van der Waals surface area (Å²) in [6.45, 7) is 1.97. The lowest BCUT2D eigenvalue weighted by molar-refractivity contribution is -0.118. The zero-order valence-electron chi connectivity index (χ0n) is 7.92. The number of carbonyl (C=O) groups is 1. The standard InChI is InChI=1S/C7H17NO3Si/c1-10-12(3,11-2)6-4-5-7(8)9/h4-6H2,1-3H3,(H2,8,9). The second-order valence-corrected chi connectivity index (χ2v) is 6.45. The fourth-order valence-electron chi connectivity index (χ4n) is 0.871. The Hall–Kier alpha value is -0.393. The topological polar surface area (TPSA) is 61.5 Å². The van der Waals surface area contributed by atoms with Crippen molar-refractivity contribution >= 4 is 14.5 Å². The average molecular weight is 191 g/mol. The van der Waals surface area contributed by atoms with Crippen LogP contribution in [0.3, 0.4) is 0 Å². The van der Waals surface area contributed by atoms with E-state index in [0.29, 0.717) is 6.42 Å². The molecule has 0 saturated heterocycles. The van der Waals surface area contributed by atoms with Gasteiger partial charge in [0.1, 0.15) is 0 Å². The summed E-state index contributed by atoms with van der Waals surface area (Å²) >= 11 is 0. The summed E-state index contributed by atoms with van der Waals surface area (Å²) in [4.78, 5) is 10.4. The Morgan fingerprint density at radius 1 is 1.42 bits per heavy atom. The fraction of sp³-hybridized carbons (Fsp3) is 0.857. The van der Waals surface area contributed by atoms with Gasteiger partial charge in [-0.15, -0.1) is 0 Å². The molecule has 0 saturated carbocycles. The van der Waals surface area contributed by atoms with E-state index in [0.717, 1.165) is 12.5 Å². The first kappa shape index (κ1) is 11.6. The van der Waals surface area contributed by atoms with Gasteiger partial charge in [-0.3, -0.25) is 4.79 Å². The van der Waals surface area contributed by atoms with Crippen LogP contribution in [0.15, 0.2) is 0 Å². The molecule has 72 valence electrons. The summed E-state index contributed by atoms with van der Waals surface area (Å²) < 4.78 is 10.5. The summed E-state index contributed by atoms with van der Waals surface area (Å²) in [5.74, 6) is -0.265. The van der Waals surface area contributed by atoms with Crippen molar-refractivity contribution in [2.45, 2.75) is 25.4 Å². The average Bonchev–Trinajstić information content (AvgIpc) is 2.03. The van der Waals surface area contributed by atoms with Crippen molar-refractivity contribution < 1.29 is 13.6 Å². The minimum atomic E-state index is -1.97. The highest BCUT2D eigenvalue weighted by Crippen LogP contribution is 2.14. The molecule has 2 N–H and O–H groups in total. The molecule has 0 atom stereocenters. The molecule has 0 aliphatic rings. The summed E-state index contributed by atoms with van der Waals surface area (Å²) in [5, 5.41) is 0. The van der Waals surface area contributed by atoms with Crippen molar-refractivity contribution in [3.8, 4) is 0 Å². The largest absolute Gasteiger partial charge is 0.398 e. The third-order valence-electron chi connectivity index (χ3n) is 1.92. The van der Waals surface area contributed by atoms with Crippen LogP contribution in [0.5, 0.6) is 0 Å². The van der Waals surface area contributed by atoms with Crippen molar-refractivity contribution in [3.05, 3.63) is 0 Å². The van der Waals surface area contributed by atoms with Gasteiger partial charge >= 0.3 is 8.56 Å². The first-order valence-corrected chi connectivity index (χ1v) is 6.45. The Bertz CT molecular complexity index is 148. The fourth-order valence-corrected chi connectivity index (χ4v) is 2.27. The zero-order chi connectivity index (χ0) is 9.61. The van der Waals surface area contributed by atoms with Crippen LogP contribution in [0.1, 0.15) is 12.8 Å². The van der Waals surface area contributed by atoms with Crippen LogP contribution < -0.4 is 5.73 Å². The lowest BCUT2D eigenvalue weighted by atomic mass is 10.3. The molecule has 0 spiro atoms. The Balaban J connectivity index is 3.65. The van der Waals surface area contributed by atoms with E-state index >= 15 is 0 Å². The van der Waals surface area contributed by atoms with E-state index in [1.807, 2.05) is 6.55 Å². The Morgan fingerprint density at radius 2 is 1.92 bits per heavy atom. The Morgan fingerprint density at radius 3 is 2.25 bits per heavy atom. The van der Waals surface area contributed by atoms with E-state index in [4.69, 9.17) is 14.6 Å². The summed E-state index contributed by atoms with van der Waals surface area (Å²) in [6.07, 6.45) is 1.16. The zero-order valence-corrected chi connectivity index (χ0v) is 8.92. The minimum absolute atomic E-state index is 0.265. The van der Waals surface area contributed by atoms with Crippen LogP contribution in [-0.2, 0) is 13.6 Å². The van der Waals surface area contributed by atoms with E-state index in [9.17, 15) is 4.79 Å². The smallest absolute Gasteiger partial charge is 0.334 e. The van der Waals surface area contributed by atoms with Crippen molar-refractivity contribution in [3.63, 3.8) is 0 Å². The second kappa shape index (κ2) is 5.29. The van der Waals surface area contributed by atoms with Crippen LogP contribution in [0.2, 0.25) is 12.6 Å². The number of rotatable bonds is 6. The highest BCUT2D eigenvalue weighted by atomic mass is 28.4. The maximum absolute atomic E-state index is 10.4. The van der Waals surface area contributed by atoms with Gasteiger partial charge in [0.25, 0.3) is 0 Å². The molecule has 0 aromatic carbocycles. The van der Waals surface area contributed by atoms with Gasteiger partial charge in [-0.05, 0) is 19.0 Å². The highest BCUT2D eigenvalue weighted by Gasteiger charge is 2.27. The molecular formula is C7H17NO3Si. The Labute approximate surface area is 74.3 Å². The molecule has 0 bridgehead atoms. The molecule has 0 aliphatic heterocycles. The van der Waals surface area contributed by atoms with Crippen molar-refractivity contribution in [1.82, 2.24) is 0 Å². The van der Waals surface area contributed by atoms with Gasteiger partial charge in [0.15, 0.2) is 0 Å². The van der Waals surface area contributed by atoms with Crippen molar-refractivity contribution in [1.29, 1.82) is 0 Å². The van der Waals surface area contributed by atoms with Crippen LogP contribution >= 0.6 is 0 Å². The number of carbonyl (C=O) groups excluding carboxylic acids is 1. The molecule has 12 heavy (non-hydrogen) atoms. The predicted octanol–water partition coefficient (Wildman–Crippen LogP) is 0.617. The molecule has 5 heteroatoms. The molecule has 0 aliphatic carbocycles. The maximum atomic E-state index is 10.4. The highest BCUT2D eigenvalue weighted by molar-refractivity contribution is 6.65. The molecule has 4 nitrogen and oxygen atoms in total. The number of amides is 1. The minimum Gasteiger partial charge on any atom is -0.398 e. The molecule has 0 rings (SSSR count). The monoisotopic (exact) mass is 191 g/mol. The van der Waals surface area contributed by atoms with Gasteiger partial charge in [-0.2, -0.15) is 0 Å². The van der Waals surface area contributed by atoms with E-state index in [2.05, 4.69) is 0 Å². The lowest BCUT2D eigenvalue weighted by Crippen LogP contribution is -2.36. The predicted molar refractivity (Wildman–Crippen MR) is 48.9 cm³/mol. The van der Waals surface area contributed by atoms with Crippen molar-refractivity contribution in [2.24, 2.45) is 5.73 Å². The molecule has 0 aromatic heterocycles. The Kier molecular flexibility index (Phi) is 5.11. The number of hydrogen-bond acceptors (Lipinski definition) is 3. The molecule has 0 heterocycles. The molecule has 0 fully saturated rings. The first-order valence-electron chi connectivity index (χ1n) is 3.92. The molecule has 0 aromatic rings. The second-order valence-electron chi connectivity index (χ2n) is 2.86. The van der Waals surface area contributed by atoms with E-state index in [-0.39, 0.29) is 5.91 Å². The van der Waals surface area contributed by atoms with Gasteiger partial charge in [-0.25, -0.2) is 0 Å². The summed E-state index contributed by atoms with van der Waals surface area (Å²) in [7, 11) is 1.31.